The van der Waals surface area contributed by atoms with Gasteiger partial charge in [-0.25, -0.2) is 9.97 Å². The van der Waals surface area contributed by atoms with Crippen LogP contribution in [0, 0.1) is 13.8 Å². The second-order valence-electron chi connectivity index (χ2n) is 5.73. The molecule has 0 aliphatic rings. The monoisotopic (exact) mass is 396 g/mol. The number of carbonyl (C=O) groups excluding carboxylic acids is 1. The Bertz CT molecular complexity index is 889. The Balaban J connectivity index is 1.76. The molecule has 0 bridgehead atoms. The Morgan fingerprint density at radius 2 is 1.64 bits per heavy atom. The molecule has 0 spiro atoms. The summed E-state index contributed by atoms with van der Waals surface area (Å²) in [5, 5.41) is 5.96. The fourth-order valence-electron chi connectivity index (χ4n) is 2.45. The molecular weight excluding hydrogens is 380 g/mol. The number of aryl methyl sites for hydroxylation is 2. The molecule has 126 valence electrons. The number of nitrogens with one attached hydrogen (secondary N) is 2. The van der Waals surface area contributed by atoms with E-state index in [1.165, 1.54) is 0 Å². The zero-order chi connectivity index (χ0) is 17.8. The van der Waals surface area contributed by atoms with Gasteiger partial charge in [0.1, 0.15) is 5.69 Å². The summed E-state index contributed by atoms with van der Waals surface area (Å²) in [5.74, 6) is 0.0988. The van der Waals surface area contributed by atoms with Crippen LogP contribution in [0.1, 0.15) is 21.6 Å². The van der Waals surface area contributed by atoms with E-state index >= 15 is 0 Å². The van der Waals surface area contributed by atoms with Gasteiger partial charge in [-0.15, -0.1) is 0 Å². The zero-order valence-electron chi connectivity index (χ0n) is 13.9. The molecule has 1 amide bonds. The van der Waals surface area contributed by atoms with Gasteiger partial charge in [0.25, 0.3) is 5.91 Å². The topological polar surface area (TPSA) is 66.9 Å². The van der Waals surface area contributed by atoms with Crippen molar-refractivity contribution in [3.05, 3.63) is 76.0 Å². The van der Waals surface area contributed by atoms with Crippen molar-refractivity contribution in [2.45, 2.75) is 13.8 Å². The highest BCUT2D eigenvalue weighted by atomic mass is 79.9. The van der Waals surface area contributed by atoms with Crippen LogP contribution in [0.5, 0.6) is 0 Å². The van der Waals surface area contributed by atoms with Gasteiger partial charge in [0.2, 0.25) is 5.95 Å². The maximum absolute atomic E-state index is 12.4. The van der Waals surface area contributed by atoms with E-state index in [-0.39, 0.29) is 5.91 Å². The average Bonchev–Trinajstić information content (AvgIpc) is 2.56. The highest BCUT2D eigenvalue weighted by Gasteiger charge is 2.10. The molecule has 0 unspecified atom stereocenters. The molecular formula is C19H17BrN4O. The number of rotatable bonds is 4. The predicted octanol–water partition coefficient (Wildman–Crippen LogP) is 4.85. The van der Waals surface area contributed by atoms with Crippen LogP contribution < -0.4 is 10.6 Å². The molecule has 0 fully saturated rings. The van der Waals surface area contributed by atoms with E-state index < -0.39 is 0 Å². The van der Waals surface area contributed by atoms with Gasteiger partial charge in [-0.1, -0.05) is 22.0 Å². The predicted molar refractivity (Wildman–Crippen MR) is 103 cm³/mol. The van der Waals surface area contributed by atoms with Crippen LogP contribution in [-0.2, 0) is 0 Å². The number of anilines is 3. The molecule has 1 aromatic heterocycles. The molecule has 5 nitrogen and oxygen atoms in total. The van der Waals surface area contributed by atoms with E-state index in [4.69, 9.17) is 0 Å². The number of hydrogen-bond acceptors (Lipinski definition) is 4. The number of halogens is 1. The van der Waals surface area contributed by atoms with Gasteiger partial charge in [0.05, 0.1) is 0 Å². The Hall–Kier alpha value is -2.73. The summed E-state index contributed by atoms with van der Waals surface area (Å²) >= 11 is 3.37. The van der Waals surface area contributed by atoms with Crippen LogP contribution in [0.3, 0.4) is 0 Å². The number of benzene rings is 2. The lowest BCUT2D eigenvalue weighted by Crippen LogP contribution is -2.14. The van der Waals surface area contributed by atoms with Crippen LogP contribution in [0.2, 0.25) is 0 Å². The van der Waals surface area contributed by atoms with Crippen LogP contribution in [0.4, 0.5) is 17.3 Å². The van der Waals surface area contributed by atoms with Gasteiger partial charge >= 0.3 is 0 Å². The van der Waals surface area contributed by atoms with Gasteiger partial charge in [-0.2, -0.15) is 0 Å². The lowest BCUT2D eigenvalue weighted by molar-refractivity contribution is 0.102. The summed E-state index contributed by atoms with van der Waals surface area (Å²) in [4.78, 5) is 20.9. The minimum atomic E-state index is -0.284. The molecule has 0 atom stereocenters. The Morgan fingerprint density at radius 3 is 2.32 bits per heavy atom. The fourth-order valence-corrected chi connectivity index (χ4v) is 2.71. The zero-order valence-corrected chi connectivity index (χ0v) is 15.5. The number of carbonyl (C=O) groups is 1. The van der Waals surface area contributed by atoms with Crippen molar-refractivity contribution in [2.75, 3.05) is 10.6 Å². The summed E-state index contributed by atoms with van der Waals surface area (Å²) in [6.07, 6.45) is 1.56. The molecule has 25 heavy (non-hydrogen) atoms. The first-order chi connectivity index (χ1) is 12.0. The summed E-state index contributed by atoms with van der Waals surface area (Å²) in [6, 6.07) is 15.0. The number of amides is 1. The van der Waals surface area contributed by atoms with Gasteiger partial charge in [-0.3, -0.25) is 4.79 Å². The minimum absolute atomic E-state index is 0.284. The fraction of sp³-hybridized carbons (Fsp3) is 0.105. The molecule has 0 saturated heterocycles. The van der Waals surface area contributed by atoms with E-state index in [9.17, 15) is 4.79 Å². The maximum atomic E-state index is 12.4. The largest absolute Gasteiger partial charge is 0.324 e. The molecule has 2 aromatic carbocycles. The van der Waals surface area contributed by atoms with Gasteiger partial charge in [0.15, 0.2) is 0 Å². The van der Waals surface area contributed by atoms with Crippen molar-refractivity contribution >= 4 is 39.2 Å². The molecule has 0 aliphatic carbocycles. The SMILES string of the molecule is Cc1cc(C)cc(Nc2nccc(C(=O)Nc3ccc(Br)cc3)n2)c1. The van der Waals surface area contributed by atoms with Crippen molar-refractivity contribution in [3.8, 4) is 0 Å². The standard InChI is InChI=1S/C19H17BrN4O/c1-12-9-13(2)11-16(10-12)23-19-21-8-7-17(24-19)18(25)22-15-5-3-14(20)4-6-15/h3-11H,1-2H3,(H,22,25)(H,21,23,24). The molecule has 2 N–H and O–H groups in total. The van der Waals surface area contributed by atoms with Crippen molar-refractivity contribution < 1.29 is 4.79 Å². The van der Waals surface area contributed by atoms with Gasteiger partial charge in [-0.05, 0) is 67.4 Å². The Labute approximate surface area is 154 Å². The summed E-state index contributed by atoms with van der Waals surface area (Å²) in [6.45, 7) is 4.06. The molecule has 0 radical (unpaired) electrons. The van der Waals surface area contributed by atoms with E-state index in [1.54, 1.807) is 12.3 Å². The van der Waals surface area contributed by atoms with Crippen LogP contribution >= 0.6 is 15.9 Å². The highest BCUT2D eigenvalue weighted by molar-refractivity contribution is 9.10. The normalized spacial score (nSPS) is 10.4. The quantitative estimate of drug-likeness (QED) is 0.661. The second-order valence-corrected chi connectivity index (χ2v) is 6.64. The lowest BCUT2D eigenvalue weighted by atomic mass is 10.1. The third kappa shape index (κ3) is 4.64. The molecule has 1 heterocycles. The summed E-state index contributed by atoms with van der Waals surface area (Å²) < 4.78 is 0.951. The molecule has 3 aromatic rings. The van der Waals surface area contributed by atoms with E-state index in [0.29, 0.717) is 17.3 Å². The van der Waals surface area contributed by atoms with E-state index in [1.807, 2.05) is 50.2 Å². The Kier molecular flexibility index (Phi) is 5.09. The summed E-state index contributed by atoms with van der Waals surface area (Å²) in [7, 11) is 0. The number of nitrogens with zero attached hydrogens (tertiary/aromatic N) is 2. The van der Waals surface area contributed by atoms with E-state index in [0.717, 1.165) is 21.3 Å². The molecule has 3 rings (SSSR count). The summed E-state index contributed by atoms with van der Waals surface area (Å²) in [5.41, 5.74) is 4.18. The van der Waals surface area contributed by atoms with Gasteiger partial charge < -0.3 is 10.6 Å². The lowest BCUT2D eigenvalue weighted by Gasteiger charge is -2.09. The maximum Gasteiger partial charge on any atom is 0.274 e. The average molecular weight is 397 g/mol. The smallest absolute Gasteiger partial charge is 0.274 e. The second kappa shape index (κ2) is 7.44. The first kappa shape index (κ1) is 17.1. The number of hydrogen-bond donors (Lipinski definition) is 2. The van der Waals surface area contributed by atoms with Crippen molar-refractivity contribution in [3.63, 3.8) is 0 Å². The van der Waals surface area contributed by atoms with Crippen molar-refractivity contribution in [2.24, 2.45) is 0 Å². The minimum Gasteiger partial charge on any atom is -0.324 e. The van der Waals surface area contributed by atoms with Crippen LogP contribution in [0.15, 0.2) is 59.2 Å². The van der Waals surface area contributed by atoms with E-state index in [2.05, 4.69) is 42.6 Å². The van der Waals surface area contributed by atoms with Crippen molar-refractivity contribution in [1.82, 2.24) is 9.97 Å². The molecule has 0 aliphatic heterocycles. The third-order valence-electron chi connectivity index (χ3n) is 3.47. The first-order valence-corrected chi connectivity index (χ1v) is 8.54. The van der Waals surface area contributed by atoms with Crippen molar-refractivity contribution in [1.29, 1.82) is 0 Å². The first-order valence-electron chi connectivity index (χ1n) is 7.75. The molecule has 0 saturated carbocycles. The van der Waals surface area contributed by atoms with Gasteiger partial charge in [0, 0.05) is 22.0 Å². The third-order valence-corrected chi connectivity index (χ3v) is 4.00. The highest BCUT2D eigenvalue weighted by Crippen LogP contribution is 2.18. The molecule has 6 heteroatoms. The number of aromatic nitrogens is 2. The Morgan fingerprint density at radius 1 is 0.960 bits per heavy atom. The van der Waals surface area contributed by atoms with Crippen LogP contribution in [-0.4, -0.2) is 15.9 Å². The van der Waals surface area contributed by atoms with Crippen LogP contribution in [0.25, 0.3) is 0 Å².